The number of pyridine rings is 1. The average molecular weight is 303 g/mol. The van der Waals surface area contributed by atoms with Crippen molar-refractivity contribution in [3.8, 4) is 11.4 Å². The van der Waals surface area contributed by atoms with Crippen molar-refractivity contribution in [1.29, 1.82) is 0 Å². The summed E-state index contributed by atoms with van der Waals surface area (Å²) in [5.41, 5.74) is 9.26. The van der Waals surface area contributed by atoms with Crippen LogP contribution >= 0.6 is 15.9 Å². The summed E-state index contributed by atoms with van der Waals surface area (Å²) in [6, 6.07) is 9.52. The number of nitrogen functional groups attached to an aromatic ring is 1. The fourth-order valence-electron chi connectivity index (χ4n) is 1.98. The van der Waals surface area contributed by atoms with Crippen LogP contribution in [0, 0.1) is 0 Å². The molecule has 0 fully saturated rings. The van der Waals surface area contributed by atoms with Gasteiger partial charge in [-0.25, -0.2) is 9.97 Å². The number of anilines is 1. The lowest BCUT2D eigenvalue weighted by molar-refractivity contribution is 0.941. The third-order valence-electron chi connectivity index (χ3n) is 2.86. The topological polar surface area (TPSA) is 56.7 Å². The van der Waals surface area contributed by atoms with Gasteiger partial charge in [0.2, 0.25) is 0 Å². The van der Waals surface area contributed by atoms with E-state index in [9.17, 15) is 0 Å². The van der Waals surface area contributed by atoms with E-state index in [-0.39, 0.29) is 0 Å². The summed E-state index contributed by atoms with van der Waals surface area (Å²) in [6.07, 6.45) is 1.77. The van der Waals surface area contributed by atoms with Crippen molar-refractivity contribution < 1.29 is 0 Å². The largest absolute Gasteiger partial charge is 0.399 e. The maximum absolute atomic E-state index is 5.84. The van der Waals surface area contributed by atoms with Crippen LogP contribution in [-0.4, -0.2) is 14.5 Å². The molecule has 0 unspecified atom stereocenters. The summed E-state index contributed by atoms with van der Waals surface area (Å²) in [5, 5.41) is 0. The number of nitrogens with zero attached hydrogens (tertiary/aromatic N) is 3. The van der Waals surface area contributed by atoms with E-state index in [0.717, 1.165) is 27.0 Å². The highest BCUT2D eigenvalue weighted by molar-refractivity contribution is 9.10. The van der Waals surface area contributed by atoms with E-state index in [1.54, 1.807) is 6.20 Å². The van der Waals surface area contributed by atoms with Gasteiger partial charge in [-0.1, -0.05) is 15.9 Å². The Morgan fingerprint density at radius 3 is 2.89 bits per heavy atom. The molecular weight excluding hydrogens is 292 g/mol. The summed E-state index contributed by atoms with van der Waals surface area (Å²) >= 11 is 3.53. The minimum Gasteiger partial charge on any atom is -0.399 e. The van der Waals surface area contributed by atoms with Gasteiger partial charge in [0.15, 0.2) is 5.65 Å². The molecule has 0 aliphatic heterocycles. The summed E-state index contributed by atoms with van der Waals surface area (Å²) in [5.74, 6) is 0.850. The van der Waals surface area contributed by atoms with E-state index in [2.05, 4.69) is 25.9 Å². The second-order valence-corrected chi connectivity index (χ2v) is 4.93. The summed E-state index contributed by atoms with van der Waals surface area (Å²) < 4.78 is 2.93. The molecule has 18 heavy (non-hydrogen) atoms. The number of halogens is 1. The number of hydrogen-bond acceptors (Lipinski definition) is 3. The highest BCUT2D eigenvalue weighted by atomic mass is 79.9. The van der Waals surface area contributed by atoms with Gasteiger partial charge in [0.1, 0.15) is 11.3 Å². The van der Waals surface area contributed by atoms with Crippen LogP contribution in [0.3, 0.4) is 0 Å². The lowest BCUT2D eigenvalue weighted by atomic mass is 10.2. The maximum Gasteiger partial charge on any atom is 0.159 e. The van der Waals surface area contributed by atoms with E-state index >= 15 is 0 Å². The van der Waals surface area contributed by atoms with Crippen LogP contribution in [-0.2, 0) is 7.05 Å². The average Bonchev–Trinajstić information content (AvgIpc) is 2.71. The molecule has 0 saturated heterocycles. The minimum absolute atomic E-state index is 0.716. The molecule has 1 aromatic carbocycles. The molecule has 0 saturated carbocycles. The van der Waals surface area contributed by atoms with Gasteiger partial charge in [0.25, 0.3) is 0 Å². The normalized spacial score (nSPS) is 11.0. The summed E-state index contributed by atoms with van der Waals surface area (Å²) in [4.78, 5) is 8.93. The van der Waals surface area contributed by atoms with Crippen LogP contribution in [0.5, 0.6) is 0 Å². The highest BCUT2D eigenvalue weighted by Gasteiger charge is 2.13. The first kappa shape index (κ1) is 11.2. The van der Waals surface area contributed by atoms with Crippen molar-refractivity contribution in [2.75, 3.05) is 5.73 Å². The number of benzene rings is 1. The molecule has 2 aromatic heterocycles. The van der Waals surface area contributed by atoms with Gasteiger partial charge < -0.3 is 10.3 Å². The fraction of sp³-hybridized carbons (Fsp3) is 0.0769. The van der Waals surface area contributed by atoms with Gasteiger partial charge in [0.05, 0.1) is 0 Å². The quantitative estimate of drug-likeness (QED) is 0.703. The van der Waals surface area contributed by atoms with Crippen LogP contribution in [0.15, 0.2) is 41.0 Å². The van der Waals surface area contributed by atoms with Gasteiger partial charge in [0, 0.05) is 29.0 Å². The van der Waals surface area contributed by atoms with E-state index < -0.39 is 0 Å². The van der Waals surface area contributed by atoms with E-state index in [1.807, 2.05) is 41.9 Å². The number of fused-ring (bicyclic) bond motifs is 1. The number of imidazole rings is 1. The number of rotatable bonds is 1. The summed E-state index contributed by atoms with van der Waals surface area (Å²) in [7, 11) is 1.95. The van der Waals surface area contributed by atoms with Crippen molar-refractivity contribution in [2.24, 2.45) is 7.05 Å². The predicted octanol–water partition coefficient (Wildman–Crippen LogP) is 2.98. The zero-order valence-electron chi connectivity index (χ0n) is 9.76. The van der Waals surface area contributed by atoms with Gasteiger partial charge in [-0.05, 0) is 30.3 Å². The number of aromatic nitrogens is 3. The van der Waals surface area contributed by atoms with E-state index in [4.69, 9.17) is 5.73 Å². The van der Waals surface area contributed by atoms with Crippen LogP contribution in [0.1, 0.15) is 0 Å². The van der Waals surface area contributed by atoms with Gasteiger partial charge in [-0.3, -0.25) is 0 Å². The van der Waals surface area contributed by atoms with Crippen LogP contribution in [0.25, 0.3) is 22.6 Å². The van der Waals surface area contributed by atoms with E-state index in [1.165, 1.54) is 0 Å². The third-order valence-corrected chi connectivity index (χ3v) is 3.55. The number of hydrogen-bond donors (Lipinski definition) is 1. The Bertz CT molecular complexity index is 733. The number of aryl methyl sites for hydroxylation is 1. The Hall–Kier alpha value is -1.88. The van der Waals surface area contributed by atoms with Crippen molar-refractivity contribution >= 4 is 32.8 Å². The molecule has 3 aromatic rings. The Kier molecular flexibility index (Phi) is 2.56. The molecule has 0 amide bonds. The van der Waals surface area contributed by atoms with Crippen molar-refractivity contribution in [2.45, 2.75) is 0 Å². The molecule has 3 rings (SSSR count). The molecule has 2 N–H and O–H groups in total. The Balaban J connectivity index is 2.31. The van der Waals surface area contributed by atoms with Crippen LogP contribution < -0.4 is 5.73 Å². The Labute approximate surface area is 113 Å². The predicted molar refractivity (Wildman–Crippen MR) is 76.1 cm³/mol. The van der Waals surface area contributed by atoms with Crippen molar-refractivity contribution in [3.05, 3.63) is 41.0 Å². The lowest BCUT2D eigenvalue weighted by Crippen LogP contribution is -1.95. The van der Waals surface area contributed by atoms with Crippen molar-refractivity contribution in [3.63, 3.8) is 0 Å². The minimum atomic E-state index is 0.716. The molecule has 0 radical (unpaired) electrons. The second kappa shape index (κ2) is 4.10. The monoisotopic (exact) mass is 302 g/mol. The van der Waals surface area contributed by atoms with Crippen LogP contribution in [0.2, 0.25) is 0 Å². The molecule has 0 spiro atoms. The first-order valence-electron chi connectivity index (χ1n) is 5.49. The molecular formula is C13H11BrN4. The molecule has 4 nitrogen and oxygen atoms in total. The fourth-order valence-corrected chi connectivity index (χ4v) is 2.40. The molecule has 0 bridgehead atoms. The van der Waals surface area contributed by atoms with E-state index in [0.29, 0.717) is 5.69 Å². The first-order chi connectivity index (χ1) is 8.66. The highest BCUT2D eigenvalue weighted by Crippen LogP contribution is 2.30. The second-order valence-electron chi connectivity index (χ2n) is 4.08. The number of nitrogens with two attached hydrogens (primary N) is 1. The Morgan fingerprint density at radius 2 is 2.11 bits per heavy atom. The zero-order valence-corrected chi connectivity index (χ0v) is 11.3. The molecule has 2 heterocycles. The molecule has 0 aliphatic rings. The van der Waals surface area contributed by atoms with Gasteiger partial charge in [-0.2, -0.15) is 0 Å². The SMILES string of the molecule is Cn1c(-c2cc(N)ccc2Br)nc2cccnc21. The lowest BCUT2D eigenvalue weighted by Gasteiger charge is -2.05. The molecule has 5 heteroatoms. The Morgan fingerprint density at radius 1 is 1.28 bits per heavy atom. The van der Waals surface area contributed by atoms with Crippen molar-refractivity contribution in [1.82, 2.24) is 14.5 Å². The molecule has 0 aliphatic carbocycles. The molecule has 0 atom stereocenters. The van der Waals surface area contributed by atoms with Gasteiger partial charge in [-0.15, -0.1) is 0 Å². The third kappa shape index (κ3) is 1.67. The van der Waals surface area contributed by atoms with Crippen LogP contribution in [0.4, 0.5) is 5.69 Å². The summed E-state index contributed by atoms with van der Waals surface area (Å²) in [6.45, 7) is 0. The standard InChI is InChI=1S/C13H11BrN4/c1-18-12(9-7-8(15)4-5-10(9)14)17-11-3-2-6-16-13(11)18/h2-7H,15H2,1H3. The van der Waals surface area contributed by atoms with Gasteiger partial charge >= 0.3 is 0 Å². The first-order valence-corrected chi connectivity index (χ1v) is 6.29. The maximum atomic E-state index is 5.84. The smallest absolute Gasteiger partial charge is 0.159 e. The molecule has 90 valence electrons. The zero-order chi connectivity index (χ0) is 12.7.